The van der Waals surface area contributed by atoms with Crippen LogP contribution in [0.4, 0.5) is 10.3 Å². The summed E-state index contributed by atoms with van der Waals surface area (Å²) in [7, 11) is 0. The fourth-order valence-electron chi connectivity index (χ4n) is 5.46. The molecule has 204 valence electrons. The molecule has 2 saturated heterocycles. The summed E-state index contributed by atoms with van der Waals surface area (Å²) in [5, 5.41) is 13.9. The first kappa shape index (κ1) is 26.7. The van der Waals surface area contributed by atoms with Crippen molar-refractivity contribution < 1.29 is 19.0 Å². The lowest BCUT2D eigenvalue weighted by molar-refractivity contribution is -0.0220. The second-order valence-electron chi connectivity index (χ2n) is 10.6. The minimum atomic E-state index is -0.696. The largest absolute Gasteiger partial charge is 0.389 e. The molecule has 3 atom stereocenters. The van der Waals surface area contributed by atoms with E-state index >= 15 is 4.39 Å². The maximum atomic E-state index is 15.0. The van der Waals surface area contributed by atoms with E-state index in [9.17, 15) is 9.90 Å². The number of ether oxygens (including phenoxy) is 2. The summed E-state index contributed by atoms with van der Waals surface area (Å²) in [6, 6.07) is 5.13. The minimum Gasteiger partial charge on any atom is -0.389 e. The van der Waals surface area contributed by atoms with Gasteiger partial charge in [-0.1, -0.05) is 6.07 Å². The maximum Gasteiger partial charge on any atom is 0.223 e. The average Bonchev–Trinajstić information content (AvgIpc) is 2.89. The predicted molar refractivity (Wildman–Crippen MR) is 144 cm³/mol. The zero-order valence-electron chi connectivity index (χ0n) is 22.4. The van der Waals surface area contributed by atoms with Crippen LogP contribution in [0.5, 0.6) is 0 Å². The van der Waals surface area contributed by atoms with Crippen molar-refractivity contribution in [3.8, 4) is 11.3 Å². The van der Waals surface area contributed by atoms with Crippen molar-refractivity contribution in [3.05, 3.63) is 51.7 Å². The third kappa shape index (κ3) is 5.31. The number of hydrogen-bond acceptors (Lipinski definition) is 8. The van der Waals surface area contributed by atoms with Crippen molar-refractivity contribution in [1.29, 1.82) is 0 Å². The van der Waals surface area contributed by atoms with Crippen molar-refractivity contribution in [3.63, 3.8) is 0 Å². The lowest BCUT2D eigenvalue weighted by Crippen LogP contribution is -2.42. The number of morpholine rings is 1. The summed E-state index contributed by atoms with van der Waals surface area (Å²) >= 11 is 0. The number of anilines is 1. The average molecular weight is 526 g/mol. The summed E-state index contributed by atoms with van der Waals surface area (Å²) in [5.74, 6) is -0.324. The Balaban J connectivity index is 1.57. The molecule has 0 aliphatic carbocycles. The Hall–Kier alpha value is -2.92. The van der Waals surface area contributed by atoms with Gasteiger partial charge in [0.2, 0.25) is 5.95 Å². The minimum absolute atomic E-state index is 0.0150. The molecule has 2 aliphatic rings. The van der Waals surface area contributed by atoms with Crippen molar-refractivity contribution in [2.45, 2.75) is 65.0 Å². The molecule has 2 aliphatic heterocycles. The number of benzene rings is 1. The number of pyridine rings is 1. The highest BCUT2D eigenvalue weighted by molar-refractivity contribution is 5.85. The van der Waals surface area contributed by atoms with Crippen LogP contribution in [-0.4, -0.2) is 75.7 Å². The first-order chi connectivity index (χ1) is 18.2. The molecule has 9 nitrogen and oxygen atoms in total. The molecular weight excluding hydrogens is 489 g/mol. The highest BCUT2D eigenvalue weighted by Crippen LogP contribution is 2.29. The molecule has 4 heterocycles. The standard InChI is InChI=1S/C28H36FN5O4/c1-16(2)34-23-11-19(26-21(29)12-30-28(32-26)31-22-7-9-37-15-25(22)35)5-6-20(23)27(36)18(4)24(34)14-33-8-10-38-17(3)13-33/h5-6,11-12,16-17,22,25,35H,7-10,13-15H2,1-4H3,(H,30,31,32)/t17-,22+,25+/m0/s1. The van der Waals surface area contributed by atoms with Crippen LogP contribution in [0, 0.1) is 12.7 Å². The molecule has 1 aromatic carbocycles. The third-order valence-corrected chi connectivity index (χ3v) is 7.44. The number of aromatic nitrogens is 3. The van der Waals surface area contributed by atoms with Crippen molar-refractivity contribution in [2.75, 3.05) is 38.2 Å². The molecule has 0 saturated carbocycles. The van der Waals surface area contributed by atoms with E-state index in [1.54, 1.807) is 12.1 Å². The van der Waals surface area contributed by atoms with Gasteiger partial charge in [0.05, 0.1) is 43.2 Å². The number of hydrogen-bond donors (Lipinski definition) is 2. The quantitative estimate of drug-likeness (QED) is 0.506. The van der Waals surface area contributed by atoms with Gasteiger partial charge in [-0.3, -0.25) is 9.69 Å². The number of fused-ring (bicyclic) bond motifs is 1. The summed E-state index contributed by atoms with van der Waals surface area (Å²) in [6.45, 7) is 11.8. The molecule has 0 bridgehead atoms. The molecule has 38 heavy (non-hydrogen) atoms. The fourth-order valence-corrected chi connectivity index (χ4v) is 5.46. The fraction of sp³-hybridized carbons (Fsp3) is 0.536. The molecule has 3 aromatic rings. The van der Waals surface area contributed by atoms with E-state index in [0.29, 0.717) is 37.1 Å². The van der Waals surface area contributed by atoms with Crippen molar-refractivity contribution in [2.24, 2.45) is 0 Å². The first-order valence-corrected chi connectivity index (χ1v) is 13.3. The second-order valence-corrected chi connectivity index (χ2v) is 10.6. The van der Waals surface area contributed by atoms with Gasteiger partial charge in [0.1, 0.15) is 5.69 Å². The second kappa shape index (κ2) is 11.1. The van der Waals surface area contributed by atoms with Gasteiger partial charge in [-0.05, 0) is 46.2 Å². The van der Waals surface area contributed by atoms with Crippen LogP contribution in [0.15, 0.2) is 29.2 Å². The zero-order valence-corrected chi connectivity index (χ0v) is 22.4. The van der Waals surface area contributed by atoms with Gasteiger partial charge in [0.25, 0.3) is 0 Å². The van der Waals surface area contributed by atoms with E-state index in [1.807, 2.05) is 13.0 Å². The number of rotatable bonds is 6. The van der Waals surface area contributed by atoms with Crippen LogP contribution in [0.1, 0.15) is 44.5 Å². The van der Waals surface area contributed by atoms with Crippen molar-refractivity contribution >= 4 is 16.9 Å². The van der Waals surface area contributed by atoms with Gasteiger partial charge in [0.15, 0.2) is 11.2 Å². The Kier molecular flexibility index (Phi) is 7.76. The number of nitrogens with one attached hydrogen (secondary N) is 1. The lowest BCUT2D eigenvalue weighted by Gasteiger charge is -2.33. The molecule has 2 N–H and O–H groups in total. The third-order valence-electron chi connectivity index (χ3n) is 7.44. The van der Waals surface area contributed by atoms with Crippen LogP contribution < -0.4 is 10.7 Å². The zero-order chi connectivity index (χ0) is 27.0. The van der Waals surface area contributed by atoms with E-state index in [1.165, 1.54) is 0 Å². The Morgan fingerprint density at radius 1 is 1.29 bits per heavy atom. The number of aliphatic hydroxyl groups is 1. The van der Waals surface area contributed by atoms with Crippen LogP contribution in [-0.2, 0) is 16.0 Å². The Labute approximate surface area is 221 Å². The normalized spacial score (nSPS) is 22.8. The smallest absolute Gasteiger partial charge is 0.223 e. The van der Waals surface area contributed by atoms with Gasteiger partial charge < -0.3 is 24.5 Å². The van der Waals surface area contributed by atoms with E-state index in [0.717, 1.165) is 36.1 Å². The molecule has 5 rings (SSSR count). The molecule has 2 fully saturated rings. The van der Waals surface area contributed by atoms with E-state index in [4.69, 9.17) is 9.47 Å². The lowest BCUT2D eigenvalue weighted by atomic mass is 10.0. The molecule has 0 unspecified atom stereocenters. The Morgan fingerprint density at radius 2 is 2.11 bits per heavy atom. The predicted octanol–water partition coefficient (Wildman–Crippen LogP) is 3.27. The van der Waals surface area contributed by atoms with E-state index in [-0.39, 0.29) is 41.9 Å². The highest BCUT2D eigenvalue weighted by atomic mass is 19.1. The molecular formula is C28H36FN5O4. The summed E-state index contributed by atoms with van der Waals surface area (Å²) < 4.78 is 28.2. The Bertz CT molecular complexity index is 1380. The number of nitrogens with zero attached hydrogens (tertiary/aromatic N) is 4. The van der Waals surface area contributed by atoms with Crippen LogP contribution in [0.3, 0.4) is 0 Å². The van der Waals surface area contributed by atoms with Gasteiger partial charge in [-0.2, -0.15) is 0 Å². The van der Waals surface area contributed by atoms with Gasteiger partial charge >= 0.3 is 0 Å². The molecule has 0 spiro atoms. The van der Waals surface area contributed by atoms with Gasteiger partial charge in [-0.25, -0.2) is 14.4 Å². The van der Waals surface area contributed by atoms with Gasteiger partial charge in [0, 0.05) is 54.5 Å². The van der Waals surface area contributed by atoms with E-state index < -0.39 is 11.9 Å². The van der Waals surface area contributed by atoms with Crippen LogP contribution in [0.2, 0.25) is 0 Å². The monoisotopic (exact) mass is 525 g/mol. The van der Waals surface area contributed by atoms with Gasteiger partial charge in [-0.15, -0.1) is 0 Å². The summed E-state index contributed by atoms with van der Waals surface area (Å²) in [5.41, 5.74) is 3.11. The molecule has 2 aromatic heterocycles. The number of aliphatic hydroxyl groups excluding tert-OH is 1. The van der Waals surface area contributed by atoms with Crippen molar-refractivity contribution in [1.82, 2.24) is 19.4 Å². The summed E-state index contributed by atoms with van der Waals surface area (Å²) in [6.07, 6.45) is 1.17. The molecule has 0 radical (unpaired) electrons. The first-order valence-electron chi connectivity index (χ1n) is 13.3. The molecule has 10 heteroatoms. The number of halogens is 1. The van der Waals surface area contributed by atoms with Crippen LogP contribution >= 0.6 is 0 Å². The molecule has 0 amide bonds. The summed E-state index contributed by atoms with van der Waals surface area (Å²) in [4.78, 5) is 24.3. The van der Waals surface area contributed by atoms with E-state index in [2.05, 4.69) is 45.5 Å². The van der Waals surface area contributed by atoms with Crippen LogP contribution in [0.25, 0.3) is 22.2 Å². The SMILES string of the molecule is Cc1c(CN2CCO[C@@H](C)C2)n(C(C)C)c2cc(-c3nc(N[C@@H]4CCOC[C@H]4O)ncc3F)ccc2c1=O. The Morgan fingerprint density at radius 3 is 2.84 bits per heavy atom. The topological polar surface area (TPSA) is 102 Å². The highest BCUT2D eigenvalue weighted by Gasteiger charge is 2.25. The maximum absolute atomic E-state index is 15.0.